The van der Waals surface area contributed by atoms with Gasteiger partial charge in [-0.1, -0.05) is 30.7 Å². The molecule has 0 heterocycles. The average Bonchev–Trinajstić information content (AvgIpc) is 2.60. The summed E-state index contributed by atoms with van der Waals surface area (Å²) in [4.78, 5) is 12.3. The molecular formula is C19H16ClFN2O2. The highest BCUT2D eigenvalue weighted by Gasteiger charge is 2.13. The zero-order valence-electron chi connectivity index (χ0n) is 13.6. The third-order valence-electron chi connectivity index (χ3n) is 3.22. The van der Waals surface area contributed by atoms with Crippen LogP contribution in [0.5, 0.6) is 5.75 Å². The van der Waals surface area contributed by atoms with Gasteiger partial charge in [0.2, 0.25) is 0 Å². The van der Waals surface area contributed by atoms with Gasteiger partial charge in [0, 0.05) is 10.6 Å². The number of nitrogens with zero attached hydrogens (tertiary/aromatic N) is 1. The molecule has 2 aromatic rings. The minimum atomic E-state index is -0.714. The van der Waals surface area contributed by atoms with Crippen LogP contribution >= 0.6 is 11.6 Å². The number of rotatable bonds is 6. The van der Waals surface area contributed by atoms with Gasteiger partial charge in [0.15, 0.2) is 0 Å². The van der Waals surface area contributed by atoms with E-state index in [1.165, 1.54) is 24.3 Å². The Morgan fingerprint density at radius 3 is 2.80 bits per heavy atom. The predicted octanol–water partition coefficient (Wildman–Crippen LogP) is 4.81. The summed E-state index contributed by atoms with van der Waals surface area (Å²) in [7, 11) is 0. The van der Waals surface area contributed by atoms with E-state index < -0.39 is 11.7 Å². The summed E-state index contributed by atoms with van der Waals surface area (Å²) < 4.78 is 19.2. The molecule has 0 radical (unpaired) electrons. The van der Waals surface area contributed by atoms with Gasteiger partial charge in [-0.3, -0.25) is 4.79 Å². The van der Waals surface area contributed by atoms with E-state index in [0.717, 1.165) is 6.42 Å². The van der Waals surface area contributed by atoms with Gasteiger partial charge in [0.1, 0.15) is 23.2 Å². The second-order valence-corrected chi connectivity index (χ2v) is 5.57. The maximum absolute atomic E-state index is 13.6. The standard InChI is InChI=1S/C19H16ClFN2O2/c1-2-9-25-18-8-7-15(20)11-13(18)10-14(12-22)19(24)23-17-6-4-3-5-16(17)21/h3-8,10-11H,2,9H2,1H3,(H,23,24)/b14-10+. The van der Waals surface area contributed by atoms with Crippen LogP contribution in [-0.2, 0) is 4.79 Å². The maximum Gasteiger partial charge on any atom is 0.266 e. The zero-order valence-corrected chi connectivity index (χ0v) is 14.3. The number of anilines is 1. The molecule has 25 heavy (non-hydrogen) atoms. The number of amides is 1. The van der Waals surface area contributed by atoms with Crippen molar-refractivity contribution in [2.75, 3.05) is 11.9 Å². The van der Waals surface area contributed by atoms with E-state index in [9.17, 15) is 14.4 Å². The fourth-order valence-electron chi connectivity index (χ4n) is 2.03. The minimum Gasteiger partial charge on any atom is -0.493 e. The van der Waals surface area contributed by atoms with E-state index >= 15 is 0 Å². The van der Waals surface area contributed by atoms with E-state index in [1.807, 2.05) is 13.0 Å². The number of hydrogen-bond acceptors (Lipinski definition) is 3. The lowest BCUT2D eigenvalue weighted by molar-refractivity contribution is -0.112. The average molecular weight is 359 g/mol. The molecule has 0 unspecified atom stereocenters. The highest BCUT2D eigenvalue weighted by Crippen LogP contribution is 2.26. The molecule has 0 saturated heterocycles. The van der Waals surface area contributed by atoms with Gasteiger partial charge >= 0.3 is 0 Å². The fourth-order valence-corrected chi connectivity index (χ4v) is 2.21. The van der Waals surface area contributed by atoms with Crippen molar-refractivity contribution in [1.29, 1.82) is 5.26 Å². The van der Waals surface area contributed by atoms with Gasteiger partial charge in [-0.15, -0.1) is 0 Å². The van der Waals surface area contributed by atoms with Crippen molar-refractivity contribution in [3.63, 3.8) is 0 Å². The quantitative estimate of drug-likeness (QED) is 0.595. The van der Waals surface area contributed by atoms with Crippen LogP contribution in [0.1, 0.15) is 18.9 Å². The van der Waals surface area contributed by atoms with E-state index in [-0.39, 0.29) is 11.3 Å². The van der Waals surface area contributed by atoms with Crippen molar-refractivity contribution < 1.29 is 13.9 Å². The molecule has 4 nitrogen and oxygen atoms in total. The Hall–Kier alpha value is -2.84. The van der Waals surface area contributed by atoms with Gasteiger partial charge in [-0.25, -0.2) is 4.39 Å². The molecule has 1 N–H and O–H groups in total. The number of carbonyl (C=O) groups is 1. The number of nitriles is 1. The van der Waals surface area contributed by atoms with Crippen molar-refractivity contribution in [3.8, 4) is 11.8 Å². The summed E-state index contributed by atoms with van der Waals surface area (Å²) in [5.74, 6) is -0.783. The summed E-state index contributed by atoms with van der Waals surface area (Å²) in [5.41, 5.74) is 0.315. The summed E-state index contributed by atoms with van der Waals surface area (Å²) in [6, 6.07) is 12.5. The molecule has 0 aromatic heterocycles. The molecule has 0 saturated carbocycles. The fraction of sp³-hybridized carbons (Fsp3) is 0.158. The van der Waals surface area contributed by atoms with E-state index in [0.29, 0.717) is 22.9 Å². The van der Waals surface area contributed by atoms with Crippen LogP contribution in [-0.4, -0.2) is 12.5 Å². The first-order chi connectivity index (χ1) is 12.0. The van der Waals surface area contributed by atoms with Crippen LogP contribution in [0.2, 0.25) is 5.02 Å². The van der Waals surface area contributed by atoms with Gasteiger partial charge in [0.05, 0.1) is 12.3 Å². The SMILES string of the molecule is CCCOc1ccc(Cl)cc1/C=C(\C#N)C(=O)Nc1ccccc1F. The Morgan fingerprint density at radius 2 is 2.12 bits per heavy atom. The number of nitrogens with one attached hydrogen (secondary N) is 1. The lowest BCUT2D eigenvalue weighted by Gasteiger charge is -2.10. The van der Waals surface area contributed by atoms with E-state index in [4.69, 9.17) is 16.3 Å². The molecule has 0 spiro atoms. The summed E-state index contributed by atoms with van der Waals surface area (Å²) in [5, 5.41) is 12.1. The highest BCUT2D eigenvalue weighted by molar-refractivity contribution is 6.30. The largest absolute Gasteiger partial charge is 0.493 e. The van der Waals surface area contributed by atoms with Crippen LogP contribution in [0.25, 0.3) is 6.08 Å². The van der Waals surface area contributed by atoms with E-state index in [2.05, 4.69) is 5.32 Å². The molecule has 2 aromatic carbocycles. The Kier molecular flexibility index (Phi) is 6.55. The van der Waals surface area contributed by atoms with Crippen LogP contribution in [0.4, 0.5) is 10.1 Å². The first-order valence-electron chi connectivity index (χ1n) is 7.65. The lowest BCUT2D eigenvalue weighted by atomic mass is 10.1. The molecule has 1 amide bonds. The molecule has 0 bridgehead atoms. The Balaban J connectivity index is 2.31. The topological polar surface area (TPSA) is 62.1 Å². The van der Waals surface area contributed by atoms with Crippen molar-refractivity contribution >= 4 is 29.3 Å². The monoisotopic (exact) mass is 358 g/mol. The number of hydrogen-bond donors (Lipinski definition) is 1. The van der Waals surface area contributed by atoms with Crippen LogP contribution in [0.3, 0.4) is 0 Å². The normalized spacial score (nSPS) is 10.9. The van der Waals surface area contributed by atoms with Gasteiger partial charge in [-0.05, 0) is 42.8 Å². The molecule has 0 fully saturated rings. The van der Waals surface area contributed by atoms with Gasteiger partial charge < -0.3 is 10.1 Å². The van der Waals surface area contributed by atoms with Crippen molar-refractivity contribution in [2.45, 2.75) is 13.3 Å². The second kappa shape index (κ2) is 8.86. The van der Waals surface area contributed by atoms with Gasteiger partial charge in [0.25, 0.3) is 5.91 Å². The second-order valence-electron chi connectivity index (χ2n) is 5.13. The van der Waals surface area contributed by atoms with Crippen LogP contribution < -0.4 is 10.1 Å². The lowest BCUT2D eigenvalue weighted by Crippen LogP contribution is -2.14. The van der Waals surface area contributed by atoms with E-state index in [1.54, 1.807) is 24.3 Å². The molecule has 128 valence electrons. The number of benzene rings is 2. The third-order valence-corrected chi connectivity index (χ3v) is 3.46. The minimum absolute atomic E-state index is 0.00204. The van der Waals surface area contributed by atoms with Crippen molar-refractivity contribution in [2.24, 2.45) is 0 Å². The van der Waals surface area contributed by atoms with Crippen LogP contribution in [0, 0.1) is 17.1 Å². The molecular weight excluding hydrogens is 343 g/mol. The number of halogens is 2. The molecule has 0 aliphatic rings. The predicted molar refractivity (Wildman–Crippen MR) is 95.9 cm³/mol. The number of carbonyl (C=O) groups excluding carboxylic acids is 1. The third kappa shape index (κ3) is 5.07. The highest BCUT2D eigenvalue weighted by atomic mass is 35.5. The maximum atomic E-state index is 13.6. The molecule has 0 atom stereocenters. The summed E-state index contributed by atoms with van der Waals surface area (Å²) >= 11 is 5.99. The van der Waals surface area contributed by atoms with Gasteiger partial charge in [-0.2, -0.15) is 5.26 Å². The number of para-hydroxylation sites is 1. The summed E-state index contributed by atoms with van der Waals surface area (Å²) in [6.45, 7) is 2.46. The smallest absolute Gasteiger partial charge is 0.266 e. The van der Waals surface area contributed by atoms with Crippen molar-refractivity contribution in [3.05, 3.63) is 64.4 Å². The first-order valence-corrected chi connectivity index (χ1v) is 8.03. The molecule has 0 aliphatic carbocycles. The molecule has 6 heteroatoms. The zero-order chi connectivity index (χ0) is 18.2. The Morgan fingerprint density at radius 1 is 1.36 bits per heavy atom. The Labute approximate surface area is 150 Å². The first kappa shape index (κ1) is 18.5. The van der Waals surface area contributed by atoms with Crippen LogP contribution in [0.15, 0.2) is 48.0 Å². The molecule has 2 rings (SSSR count). The Bertz CT molecular complexity index is 844. The number of ether oxygens (including phenoxy) is 1. The van der Waals surface area contributed by atoms with Crippen molar-refractivity contribution in [1.82, 2.24) is 0 Å². The summed E-state index contributed by atoms with van der Waals surface area (Å²) in [6.07, 6.45) is 2.18. The molecule has 0 aliphatic heterocycles.